The molecule has 0 spiro atoms. The number of para-hydroxylation sites is 1. The Balaban J connectivity index is 1.50. The van der Waals surface area contributed by atoms with Gasteiger partial charge in [-0.25, -0.2) is 0 Å². The van der Waals surface area contributed by atoms with Crippen LogP contribution in [0.15, 0.2) is 59.0 Å². The Morgan fingerprint density at radius 2 is 1.33 bits per heavy atom. The highest BCUT2D eigenvalue weighted by Crippen LogP contribution is 2.19. The summed E-state index contributed by atoms with van der Waals surface area (Å²) in [6.45, 7) is 4.79. The van der Waals surface area contributed by atoms with Crippen LogP contribution in [0.5, 0.6) is 11.5 Å². The van der Waals surface area contributed by atoms with Crippen molar-refractivity contribution in [1.82, 2.24) is 10.2 Å². The first-order valence-electron chi connectivity index (χ1n) is 7.92. The van der Waals surface area contributed by atoms with Gasteiger partial charge < -0.3 is 13.9 Å². The van der Waals surface area contributed by atoms with E-state index < -0.39 is 0 Å². The smallest absolute Gasteiger partial charge is 0.254 e. The molecule has 0 radical (unpaired) electrons. The fraction of sp³-hybridized carbons (Fsp3) is 0.263. The van der Waals surface area contributed by atoms with Crippen molar-refractivity contribution < 1.29 is 13.9 Å². The van der Waals surface area contributed by atoms with Crippen molar-refractivity contribution in [3.05, 3.63) is 71.9 Å². The van der Waals surface area contributed by atoms with Gasteiger partial charge >= 0.3 is 0 Å². The highest BCUT2D eigenvalue weighted by atomic mass is 16.5. The quantitative estimate of drug-likeness (QED) is 0.646. The second-order valence-corrected chi connectivity index (χ2v) is 5.70. The summed E-state index contributed by atoms with van der Waals surface area (Å²) in [6.07, 6.45) is 0. The van der Waals surface area contributed by atoms with Crippen LogP contribution in [0.25, 0.3) is 0 Å². The molecule has 0 unspecified atom stereocenters. The molecule has 124 valence electrons. The molecule has 0 atom stereocenters. The molecule has 0 fully saturated rings. The molecule has 0 aliphatic carbocycles. The van der Waals surface area contributed by atoms with E-state index in [2.05, 4.69) is 36.2 Å². The van der Waals surface area contributed by atoms with Gasteiger partial charge in [-0.1, -0.05) is 44.2 Å². The molecule has 0 bridgehead atoms. The van der Waals surface area contributed by atoms with Crippen LogP contribution in [-0.4, -0.2) is 10.2 Å². The van der Waals surface area contributed by atoms with E-state index in [0.717, 1.165) is 11.5 Å². The van der Waals surface area contributed by atoms with Crippen LogP contribution in [0.4, 0.5) is 0 Å². The largest absolute Gasteiger partial charge is 0.484 e. The highest BCUT2D eigenvalue weighted by Gasteiger charge is 2.08. The predicted molar refractivity (Wildman–Crippen MR) is 89.9 cm³/mol. The van der Waals surface area contributed by atoms with Gasteiger partial charge in [-0.15, -0.1) is 10.2 Å². The second kappa shape index (κ2) is 7.64. The second-order valence-electron chi connectivity index (χ2n) is 5.70. The molecular weight excluding hydrogens is 304 g/mol. The number of ether oxygens (including phenoxy) is 2. The molecule has 0 N–H and O–H groups in total. The average molecular weight is 324 g/mol. The van der Waals surface area contributed by atoms with Gasteiger partial charge in [0.05, 0.1) is 0 Å². The third-order valence-electron chi connectivity index (χ3n) is 3.52. The van der Waals surface area contributed by atoms with Crippen LogP contribution >= 0.6 is 0 Å². The summed E-state index contributed by atoms with van der Waals surface area (Å²) < 4.78 is 16.7. The molecule has 1 heterocycles. The molecule has 24 heavy (non-hydrogen) atoms. The summed E-state index contributed by atoms with van der Waals surface area (Å²) in [4.78, 5) is 0. The lowest BCUT2D eigenvalue weighted by Crippen LogP contribution is -1.96. The van der Waals surface area contributed by atoms with Gasteiger partial charge in [0.2, 0.25) is 0 Å². The van der Waals surface area contributed by atoms with Crippen molar-refractivity contribution in [2.24, 2.45) is 0 Å². The Bertz CT molecular complexity index is 752. The minimum Gasteiger partial charge on any atom is -0.484 e. The molecular formula is C19H20N2O3. The van der Waals surface area contributed by atoms with Crippen LogP contribution < -0.4 is 9.47 Å². The van der Waals surface area contributed by atoms with Gasteiger partial charge in [-0.05, 0) is 35.7 Å². The van der Waals surface area contributed by atoms with Crippen LogP contribution in [-0.2, 0) is 13.2 Å². The Hall–Kier alpha value is -2.82. The molecule has 0 amide bonds. The van der Waals surface area contributed by atoms with Gasteiger partial charge in [0, 0.05) is 0 Å². The Labute approximate surface area is 141 Å². The normalized spacial score (nSPS) is 10.8. The fourth-order valence-corrected chi connectivity index (χ4v) is 2.16. The number of hydrogen-bond acceptors (Lipinski definition) is 5. The average Bonchev–Trinajstić information content (AvgIpc) is 3.07. The number of benzene rings is 2. The molecule has 0 saturated carbocycles. The maximum absolute atomic E-state index is 5.67. The van der Waals surface area contributed by atoms with Crippen molar-refractivity contribution in [3.8, 4) is 11.5 Å². The van der Waals surface area contributed by atoms with Gasteiger partial charge in [0.15, 0.2) is 13.2 Å². The number of aromatic nitrogens is 2. The molecule has 0 aliphatic heterocycles. The molecule has 3 rings (SSSR count). The summed E-state index contributed by atoms with van der Waals surface area (Å²) in [5.41, 5.74) is 1.28. The van der Waals surface area contributed by atoms with Gasteiger partial charge in [-0.2, -0.15) is 0 Å². The van der Waals surface area contributed by atoms with E-state index >= 15 is 0 Å². The van der Waals surface area contributed by atoms with Crippen LogP contribution in [0.2, 0.25) is 0 Å². The maximum Gasteiger partial charge on any atom is 0.254 e. The van der Waals surface area contributed by atoms with Gasteiger partial charge in [0.25, 0.3) is 11.8 Å². The summed E-state index contributed by atoms with van der Waals surface area (Å²) >= 11 is 0. The molecule has 2 aromatic carbocycles. The number of nitrogens with zero attached hydrogens (tertiary/aromatic N) is 2. The van der Waals surface area contributed by atoms with E-state index in [1.54, 1.807) is 0 Å². The van der Waals surface area contributed by atoms with E-state index in [0.29, 0.717) is 17.7 Å². The zero-order chi connectivity index (χ0) is 16.8. The number of hydrogen-bond donors (Lipinski definition) is 0. The summed E-state index contributed by atoms with van der Waals surface area (Å²) in [5.74, 6) is 2.89. The highest BCUT2D eigenvalue weighted by molar-refractivity contribution is 5.28. The van der Waals surface area contributed by atoms with E-state index in [1.807, 2.05) is 42.5 Å². The van der Waals surface area contributed by atoms with Crippen molar-refractivity contribution in [2.75, 3.05) is 0 Å². The maximum atomic E-state index is 5.67. The van der Waals surface area contributed by atoms with Crippen molar-refractivity contribution in [3.63, 3.8) is 0 Å². The molecule has 0 aliphatic rings. The van der Waals surface area contributed by atoms with Crippen molar-refractivity contribution in [1.29, 1.82) is 0 Å². The van der Waals surface area contributed by atoms with E-state index in [9.17, 15) is 0 Å². The van der Waals surface area contributed by atoms with Crippen molar-refractivity contribution >= 4 is 0 Å². The molecule has 5 heteroatoms. The minimum atomic E-state index is 0.235. The van der Waals surface area contributed by atoms with E-state index in [-0.39, 0.29) is 13.2 Å². The van der Waals surface area contributed by atoms with Crippen LogP contribution in [0.3, 0.4) is 0 Å². The monoisotopic (exact) mass is 324 g/mol. The number of rotatable bonds is 7. The molecule has 1 aromatic heterocycles. The Morgan fingerprint density at radius 1 is 0.792 bits per heavy atom. The zero-order valence-electron chi connectivity index (χ0n) is 13.8. The zero-order valence-corrected chi connectivity index (χ0v) is 13.8. The summed E-state index contributed by atoms with van der Waals surface area (Å²) in [6, 6.07) is 17.5. The first-order chi connectivity index (χ1) is 11.7. The molecule has 3 aromatic rings. The topological polar surface area (TPSA) is 57.4 Å². The lowest BCUT2D eigenvalue weighted by atomic mass is 10.0. The first-order valence-corrected chi connectivity index (χ1v) is 7.92. The fourth-order valence-electron chi connectivity index (χ4n) is 2.16. The Morgan fingerprint density at radius 3 is 1.88 bits per heavy atom. The van der Waals surface area contributed by atoms with E-state index in [1.165, 1.54) is 5.56 Å². The van der Waals surface area contributed by atoms with Gasteiger partial charge in [0.1, 0.15) is 11.5 Å². The molecule has 5 nitrogen and oxygen atoms in total. The SMILES string of the molecule is CC(C)c1ccc(OCc2nnc(COc3ccccc3)o2)cc1. The van der Waals surface area contributed by atoms with Crippen LogP contribution in [0.1, 0.15) is 37.1 Å². The minimum absolute atomic E-state index is 0.235. The predicted octanol–water partition coefficient (Wildman–Crippen LogP) is 4.35. The Kier molecular flexibility index (Phi) is 5.11. The summed E-state index contributed by atoms with van der Waals surface area (Å²) in [7, 11) is 0. The van der Waals surface area contributed by atoms with E-state index in [4.69, 9.17) is 13.9 Å². The first kappa shape index (κ1) is 16.1. The third-order valence-corrected chi connectivity index (χ3v) is 3.52. The molecule has 0 saturated heterocycles. The lowest BCUT2D eigenvalue weighted by molar-refractivity contribution is 0.232. The third kappa shape index (κ3) is 4.35. The van der Waals surface area contributed by atoms with Crippen molar-refractivity contribution in [2.45, 2.75) is 33.0 Å². The van der Waals surface area contributed by atoms with Crippen LogP contribution in [0, 0.1) is 0 Å². The van der Waals surface area contributed by atoms with Gasteiger partial charge in [-0.3, -0.25) is 0 Å². The lowest BCUT2D eigenvalue weighted by Gasteiger charge is -2.07. The standard InChI is InChI=1S/C19H20N2O3/c1-14(2)15-8-10-17(11-9-15)23-13-19-21-20-18(24-19)12-22-16-6-4-3-5-7-16/h3-11,14H,12-13H2,1-2H3. The summed E-state index contributed by atoms with van der Waals surface area (Å²) in [5, 5.41) is 7.93.